The molecule has 0 spiro atoms. The van der Waals surface area contributed by atoms with E-state index in [2.05, 4.69) is 0 Å². The molecule has 0 aliphatic rings. The Morgan fingerprint density at radius 3 is 0.250 bits per heavy atom. The standard InChI is InChI=1S/5Gd.3GeH4/h;;;;;3*1H4. The summed E-state index contributed by atoms with van der Waals surface area (Å²) in [7, 11) is 0. The maximum atomic E-state index is 0. The summed E-state index contributed by atoms with van der Waals surface area (Å²) in [6, 6.07) is 0. The third-order valence-electron chi connectivity index (χ3n) is 0. The Bertz CT molecular complexity index is 7.64. The topological polar surface area (TPSA) is 0 Å². The van der Waals surface area contributed by atoms with Crippen molar-refractivity contribution in [2.24, 2.45) is 0 Å². The van der Waals surface area contributed by atoms with Crippen LogP contribution >= 0.6 is 0 Å². The first-order valence-corrected chi connectivity index (χ1v) is 0. The first kappa shape index (κ1) is 55.5. The fraction of sp³-hybridized carbons (Fsp3) is 0. The Hall–Kier alpha value is 8.25. The average Bonchev–Trinajstić information content (AvgIpc) is 0. The maximum absolute atomic E-state index is 0. The molecule has 0 unspecified atom stereocenters. The zero-order valence-corrected chi connectivity index (χ0v) is 13.1. The number of hydrogen-bond donors (Lipinski definition) is 0. The van der Waals surface area contributed by atoms with Crippen LogP contribution in [0.15, 0.2) is 0 Å². The molecule has 0 saturated carbocycles. The summed E-state index contributed by atoms with van der Waals surface area (Å²) >= 11 is 0. The van der Waals surface area contributed by atoms with E-state index in [9.17, 15) is 0 Å². The first-order valence-electron chi connectivity index (χ1n) is 0. The van der Waals surface area contributed by atoms with Gasteiger partial charge < -0.3 is 0 Å². The molecule has 0 bridgehead atoms. The van der Waals surface area contributed by atoms with E-state index in [-0.39, 0.29) is 252 Å². The van der Waals surface area contributed by atoms with Gasteiger partial charge in [-0.2, -0.15) is 0 Å². The molecular weight excluding hydrogens is 1000 g/mol. The van der Waals surface area contributed by atoms with Crippen LogP contribution in [0.25, 0.3) is 0 Å². The molecule has 0 heterocycles. The van der Waals surface area contributed by atoms with Crippen molar-refractivity contribution in [1.29, 1.82) is 0 Å². The van der Waals surface area contributed by atoms with E-state index >= 15 is 0 Å². The molecule has 0 N–H and O–H groups in total. The van der Waals surface area contributed by atoms with Gasteiger partial charge in [-0.3, -0.25) is 0 Å². The molecule has 0 amide bonds. The second kappa shape index (κ2) is 45.5. The van der Waals surface area contributed by atoms with Crippen LogP contribution in [0.5, 0.6) is 0 Å². The molecule has 8 heavy (non-hydrogen) atoms. The van der Waals surface area contributed by atoms with Crippen molar-refractivity contribution in [2.75, 3.05) is 0 Å². The molecule has 0 nitrogen and oxygen atoms in total. The minimum atomic E-state index is 0. The van der Waals surface area contributed by atoms with Crippen molar-refractivity contribution in [3.63, 3.8) is 0 Å². The van der Waals surface area contributed by atoms with Gasteiger partial charge >= 0.3 is 52.8 Å². The van der Waals surface area contributed by atoms with E-state index in [4.69, 9.17) is 0 Å². The molecule has 0 atom stereocenters. The Labute approximate surface area is 244 Å². The van der Waals surface area contributed by atoms with Crippen LogP contribution in [0, 0.1) is 200 Å². The van der Waals surface area contributed by atoms with E-state index in [1.807, 2.05) is 0 Å². The molecule has 8 heteroatoms. The van der Waals surface area contributed by atoms with Gasteiger partial charge in [0.15, 0.2) is 0 Å². The monoisotopic (exact) mass is 1020 g/mol. The minimum absolute atomic E-state index is 0. The van der Waals surface area contributed by atoms with Gasteiger partial charge in [0, 0.05) is 200 Å². The Kier molecular flexibility index (Phi) is 316. The summed E-state index contributed by atoms with van der Waals surface area (Å²) in [4.78, 5) is 0. The van der Waals surface area contributed by atoms with Gasteiger partial charge in [0.05, 0.1) is 0 Å². The van der Waals surface area contributed by atoms with E-state index in [0.29, 0.717) is 0 Å². The van der Waals surface area contributed by atoms with E-state index in [0.717, 1.165) is 0 Å². The Morgan fingerprint density at radius 1 is 0.250 bits per heavy atom. The molecule has 0 aliphatic carbocycles. The van der Waals surface area contributed by atoms with E-state index in [1.165, 1.54) is 0 Å². The third-order valence-corrected chi connectivity index (χ3v) is 0. The quantitative estimate of drug-likeness (QED) is 0.216. The van der Waals surface area contributed by atoms with Gasteiger partial charge in [0.25, 0.3) is 0 Å². The van der Waals surface area contributed by atoms with Crippen molar-refractivity contribution in [1.82, 2.24) is 0 Å². The molecule has 0 rings (SSSR count). The van der Waals surface area contributed by atoms with Crippen molar-refractivity contribution in [3.05, 3.63) is 0 Å². The molecule has 0 aromatic rings. The SMILES string of the molecule is [Gd].[Gd].[Gd].[Gd].[Gd].[GeH4].[GeH4].[GeH4]. The van der Waals surface area contributed by atoms with E-state index < -0.39 is 0 Å². The zero-order chi connectivity index (χ0) is 0. The van der Waals surface area contributed by atoms with Gasteiger partial charge in [0.1, 0.15) is 0 Å². The van der Waals surface area contributed by atoms with Gasteiger partial charge in [-0.25, -0.2) is 0 Å². The second-order valence-electron chi connectivity index (χ2n) is 0. The van der Waals surface area contributed by atoms with Gasteiger partial charge in [-0.15, -0.1) is 0 Å². The molecule has 0 radical (unpaired) electrons. The van der Waals surface area contributed by atoms with Crippen LogP contribution in [0.4, 0.5) is 0 Å². The van der Waals surface area contributed by atoms with Crippen LogP contribution < -0.4 is 0 Å². The summed E-state index contributed by atoms with van der Waals surface area (Å²) in [6.07, 6.45) is 0. The molecule has 0 saturated heterocycles. The summed E-state index contributed by atoms with van der Waals surface area (Å²) in [5, 5.41) is 0. The van der Waals surface area contributed by atoms with Crippen LogP contribution in [0.3, 0.4) is 0 Å². The fourth-order valence-corrected chi connectivity index (χ4v) is 0. The van der Waals surface area contributed by atoms with Gasteiger partial charge in [-0.1, -0.05) is 0 Å². The van der Waals surface area contributed by atoms with Gasteiger partial charge in [0.2, 0.25) is 0 Å². The van der Waals surface area contributed by atoms with Gasteiger partial charge in [-0.05, 0) is 0 Å². The molecule has 0 aromatic carbocycles. The summed E-state index contributed by atoms with van der Waals surface area (Å²) in [6.45, 7) is 0. The molecule has 0 aromatic heterocycles. The fourth-order valence-electron chi connectivity index (χ4n) is 0. The second-order valence-corrected chi connectivity index (χ2v) is 0. The van der Waals surface area contributed by atoms with Crippen molar-refractivity contribution in [2.45, 2.75) is 0 Å². The predicted octanol–water partition coefficient (Wildman–Crippen LogP) is -4.35. The Morgan fingerprint density at radius 2 is 0.250 bits per heavy atom. The summed E-state index contributed by atoms with van der Waals surface area (Å²) < 4.78 is 0. The third kappa shape index (κ3) is 36.8. The van der Waals surface area contributed by atoms with Crippen LogP contribution in [0.2, 0.25) is 0 Å². The summed E-state index contributed by atoms with van der Waals surface area (Å²) in [5.41, 5.74) is 0. The molecule has 0 aliphatic heterocycles. The van der Waals surface area contributed by atoms with Crippen LogP contribution in [-0.2, 0) is 0 Å². The van der Waals surface area contributed by atoms with Crippen LogP contribution in [-0.4, -0.2) is 52.8 Å². The Balaban J connectivity index is 0. The predicted molar refractivity (Wildman–Crippen MR) is 34.0 cm³/mol. The van der Waals surface area contributed by atoms with E-state index in [1.54, 1.807) is 0 Å². The molecule has 64 valence electrons. The molecule has 0 fully saturated rings. The van der Waals surface area contributed by atoms with Crippen LogP contribution in [0.1, 0.15) is 0 Å². The van der Waals surface area contributed by atoms with Crippen molar-refractivity contribution >= 4 is 52.8 Å². The number of rotatable bonds is 0. The van der Waals surface area contributed by atoms with Crippen molar-refractivity contribution in [3.8, 4) is 0 Å². The first-order chi connectivity index (χ1) is 0. The number of hydrogen-bond acceptors (Lipinski definition) is 0. The van der Waals surface area contributed by atoms with Crippen molar-refractivity contribution < 1.29 is 200 Å². The zero-order valence-electron chi connectivity index (χ0n) is 1.77. The average molecular weight is 1020 g/mol. The normalized spacial score (nSPS) is 0. The summed E-state index contributed by atoms with van der Waals surface area (Å²) in [5.74, 6) is 0. The molecular formula is H12Gd5Ge3.